The molecule has 0 aromatic rings. The molecule has 0 aliphatic carbocycles. The topological polar surface area (TPSA) is 18.5 Å². The molecule has 0 fully saturated rings. The maximum atomic E-state index is 5.77. The van der Waals surface area contributed by atoms with Crippen LogP contribution in [-0.2, 0) is 9.47 Å². The normalized spacial score (nSPS) is 11.3. The summed E-state index contributed by atoms with van der Waals surface area (Å²) in [6, 6.07) is 0. The fourth-order valence-corrected chi connectivity index (χ4v) is 2.13. The Morgan fingerprint density at radius 2 is 1.53 bits per heavy atom. The average molecular weight is 266 g/mol. The lowest BCUT2D eigenvalue weighted by Crippen LogP contribution is -2.32. The van der Waals surface area contributed by atoms with Crippen LogP contribution in [0.25, 0.3) is 0 Å². The largest absolute Gasteiger partial charge is 0.376 e. The minimum Gasteiger partial charge on any atom is -0.376 e. The average Bonchev–Trinajstić information content (AvgIpc) is 2.28. The molecule has 2 nitrogen and oxygen atoms in total. The van der Waals surface area contributed by atoms with E-state index < -0.39 is 0 Å². The Morgan fingerprint density at radius 1 is 1.05 bits per heavy atom. The molecule has 0 bridgehead atoms. The molecule has 0 N–H and O–H groups in total. The lowest BCUT2D eigenvalue weighted by atomic mass is 9.81. The van der Waals surface area contributed by atoms with Crippen molar-refractivity contribution >= 4 is 0 Å². The van der Waals surface area contributed by atoms with Gasteiger partial charge in [0.25, 0.3) is 0 Å². The molecule has 0 saturated carbocycles. The Labute approximate surface area is 119 Å². The zero-order valence-corrected chi connectivity index (χ0v) is 13.0. The van der Waals surface area contributed by atoms with Gasteiger partial charge in [-0.3, -0.25) is 0 Å². The highest BCUT2D eigenvalue weighted by atomic mass is 16.5. The standard InChI is InChI=1S/C17H30O2/c1-7-9-17(10-8-2,13-18-11-15(3)4)14-19-12-16(5)6/h7H,1,3,5,8-14H2,2,4,6H3. The van der Waals surface area contributed by atoms with Crippen molar-refractivity contribution in [3.63, 3.8) is 0 Å². The van der Waals surface area contributed by atoms with Crippen LogP contribution in [0.1, 0.15) is 40.0 Å². The third kappa shape index (κ3) is 8.79. The summed E-state index contributed by atoms with van der Waals surface area (Å²) >= 11 is 0. The summed E-state index contributed by atoms with van der Waals surface area (Å²) in [7, 11) is 0. The fraction of sp³-hybridized carbons (Fsp3) is 0.647. The Kier molecular flexibility index (Phi) is 9.54. The van der Waals surface area contributed by atoms with Crippen molar-refractivity contribution in [1.82, 2.24) is 0 Å². The van der Waals surface area contributed by atoms with Crippen molar-refractivity contribution in [3.8, 4) is 0 Å². The van der Waals surface area contributed by atoms with E-state index in [9.17, 15) is 0 Å². The Morgan fingerprint density at radius 3 is 1.84 bits per heavy atom. The second-order valence-electron chi connectivity index (χ2n) is 5.64. The smallest absolute Gasteiger partial charge is 0.0671 e. The van der Waals surface area contributed by atoms with Gasteiger partial charge in [0.1, 0.15) is 0 Å². The van der Waals surface area contributed by atoms with Crippen LogP contribution in [0.4, 0.5) is 0 Å². The summed E-state index contributed by atoms with van der Waals surface area (Å²) in [4.78, 5) is 0. The Bertz CT molecular complexity index is 272. The van der Waals surface area contributed by atoms with Crippen molar-refractivity contribution in [1.29, 1.82) is 0 Å². The van der Waals surface area contributed by atoms with Gasteiger partial charge in [-0.25, -0.2) is 0 Å². The summed E-state index contributed by atoms with van der Waals surface area (Å²) in [6.07, 6.45) is 5.06. The molecular weight excluding hydrogens is 236 g/mol. The lowest BCUT2D eigenvalue weighted by molar-refractivity contribution is -0.0157. The predicted molar refractivity (Wildman–Crippen MR) is 83.4 cm³/mol. The first kappa shape index (κ1) is 18.1. The van der Waals surface area contributed by atoms with E-state index in [1.165, 1.54) is 0 Å². The molecule has 0 aliphatic rings. The van der Waals surface area contributed by atoms with Crippen LogP contribution < -0.4 is 0 Å². The molecule has 0 amide bonds. The zero-order chi connectivity index (χ0) is 14.7. The molecule has 0 atom stereocenters. The van der Waals surface area contributed by atoms with Crippen molar-refractivity contribution < 1.29 is 9.47 Å². The Hall–Kier alpha value is -0.860. The van der Waals surface area contributed by atoms with Crippen LogP contribution in [0.3, 0.4) is 0 Å². The second-order valence-corrected chi connectivity index (χ2v) is 5.64. The van der Waals surface area contributed by atoms with E-state index in [0.29, 0.717) is 26.4 Å². The van der Waals surface area contributed by atoms with E-state index in [1.54, 1.807) is 0 Å². The molecule has 0 rings (SSSR count). The van der Waals surface area contributed by atoms with E-state index in [1.807, 2.05) is 19.9 Å². The highest BCUT2D eigenvalue weighted by Crippen LogP contribution is 2.30. The van der Waals surface area contributed by atoms with Crippen LogP contribution >= 0.6 is 0 Å². The van der Waals surface area contributed by atoms with Gasteiger partial charge in [-0.05, 0) is 26.7 Å². The molecule has 0 aliphatic heterocycles. The Balaban J connectivity index is 4.50. The van der Waals surface area contributed by atoms with Gasteiger partial charge in [-0.15, -0.1) is 6.58 Å². The van der Waals surface area contributed by atoms with Crippen LogP contribution in [0.5, 0.6) is 0 Å². The van der Waals surface area contributed by atoms with E-state index in [0.717, 1.165) is 30.4 Å². The van der Waals surface area contributed by atoms with Crippen molar-refractivity contribution in [2.75, 3.05) is 26.4 Å². The number of hydrogen-bond donors (Lipinski definition) is 0. The highest BCUT2D eigenvalue weighted by molar-refractivity contribution is 4.91. The second kappa shape index (κ2) is 9.99. The lowest BCUT2D eigenvalue weighted by Gasteiger charge is -2.32. The van der Waals surface area contributed by atoms with Crippen LogP contribution in [0.2, 0.25) is 0 Å². The van der Waals surface area contributed by atoms with Crippen molar-refractivity contribution in [2.45, 2.75) is 40.0 Å². The highest BCUT2D eigenvalue weighted by Gasteiger charge is 2.28. The van der Waals surface area contributed by atoms with Crippen LogP contribution in [-0.4, -0.2) is 26.4 Å². The number of allylic oxidation sites excluding steroid dienone is 1. The number of ether oxygens (including phenoxy) is 2. The van der Waals surface area contributed by atoms with Gasteiger partial charge in [0.05, 0.1) is 26.4 Å². The molecule has 0 spiro atoms. The summed E-state index contributed by atoms with van der Waals surface area (Å²) in [5, 5.41) is 0. The van der Waals surface area contributed by atoms with Gasteiger partial charge in [0.15, 0.2) is 0 Å². The predicted octanol–water partition coefficient (Wildman–Crippen LogP) is 4.53. The van der Waals surface area contributed by atoms with Gasteiger partial charge < -0.3 is 9.47 Å². The molecule has 0 heterocycles. The third-order valence-corrected chi connectivity index (χ3v) is 2.87. The molecular formula is C17H30O2. The van der Waals surface area contributed by atoms with Crippen LogP contribution in [0, 0.1) is 5.41 Å². The summed E-state index contributed by atoms with van der Waals surface area (Å²) in [6.45, 7) is 20.4. The van der Waals surface area contributed by atoms with Crippen LogP contribution in [0.15, 0.2) is 37.0 Å². The zero-order valence-electron chi connectivity index (χ0n) is 13.0. The molecule has 0 saturated heterocycles. The van der Waals surface area contributed by atoms with E-state index in [-0.39, 0.29) is 5.41 Å². The fourth-order valence-electron chi connectivity index (χ4n) is 2.13. The van der Waals surface area contributed by atoms with Gasteiger partial charge in [0, 0.05) is 5.41 Å². The molecule has 0 radical (unpaired) electrons. The van der Waals surface area contributed by atoms with E-state index in [4.69, 9.17) is 9.47 Å². The van der Waals surface area contributed by atoms with Gasteiger partial charge >= 0.3 is 0 Å². The number of hydrogen-bond acceptors (Lipinski definition) is 2. The summed E-state index contributed by atoms with van der Waals surface area (Å²) in [5.41, 5.74) is 2.13. The summed E-state index contributed by atoms with van der Waals surface area (Å²) in [5.74, 6) is 0. The first-order valence-corrected chi connectivity index (χ1v) is 7.01. The minimum absolute atomic E-state index is 0.0292. The van der Waals surface area contributed by atoms with Gasteiger partial charge in [-0.1, -0.05) is 43.7 Å². The molecule has 0 unspecified atom stereocenters. The monoisotopic (exact) mass is 266 g/mol. The molecule has 0 aromatic heterocycles. The van der Waals surface area contributed by atoms with Gasteiger partial charge in [-0.2, -0.15) is 0 Å². The maximum absolute atomic E-state index is 5.77. The van der Waals surface area contributed by atoms with Crippen molar-refractivity contribution in [2.24, 2.45) is 5.41 Å². The minimum atomic E-state index is 0.0292. The number of rotatable bonds is 12. The first-order valence-electron chi connectivity index (χ1n) is 7.01. The molecule has 19 heavy (non-hydrogen) atoms. The third-order valence-electron chi connectivity index (χ3n) is 2.87. The molecule has 2 heteroatoms. The van der Waals surface area contributed by atoms with E-state index >= 15 is 0 Å². The first-order chi connectivity index (χ1) is 8.95. The maximum Gasteiger partial charge on any atom is 0.0671 e. The van der Waals surface area contributed by atoms with Crippen molar-refractivity contribution in [3.05, 3.63) is 37.0 Å². The quantitative estimate of drug-likeness (QED) is 0.483. The molecule has 0 aromatic carbocycles. The van der Waals surface area contributed by atoms with Gasteiger partial charge in [0.2, 0.25) is 0 Å². The summed E-state index contributed by atoms with van der Waals surface area (Å²) < 4.78 is 11.5. The molecule has 110 valence electrons. The van der Waals surface area contributed by atoms with E-state index in [2.05, 4.69) is 26.7 Å². The SMILES string of the molecule is C=CCC(CCC)(COCC(=C)C)COCC(=C)C.